The Kier molecular flexibility index (Phi) is 2.88. The molecular weight excluding hydrogens is 228 g/mol. The first-order valence-corrected chi connectivity index (χ1v) is 6.86. The van der Waals surface area contributed by atoms with Crippen LogP contribution < -0.4 is 0 Å². The second-order valence-corrected chi connectivity index (χ2v) is 5.84. The maximum atomic E-state index is 12.1. The number of hydrogen-bond donors (Lipinski definition) is 0. The van der Waals surface area contributed by atoms with Crippen molar-refractivity contribution in [2.45, 2.75) is 19.3 Å². The average Bonchev–Trinajstić information content (AvgIpc) is 2.97. The van der Waals surface area contributed by atoms with Gasteiger partial charge in [0, 0.05) is 38.5 Å². The number of carbonyl (C=O) groups is 2. The minimum Gasteiger partial charge on any atom is -0.342 e. The van der Waals surface area contributed by atoms with Gasteiger partial charge in [-0.25, -0.2) is 0 Å². The molecule has 1 aliphatic carbocycles. The van der Waals surface area contributed by atoms with Crippen LogP contribution >= 0.6 is 0 Å². The first kappa shape index (κ1) is 11.8. The van der Waals surface area contributed by atoms with E-state index in [1.165, 1.54) is 12.8 Å². The minimum atomic E-state index is 0.0492. The van der Waals surface area contributed by atoms with Crippen molar-refractivity contribution in [2.75, 3.05) is 26.2 Å². The van der Waals surface area contributed by atoms with Crippen LogP contribution in [0.15, 0.2) is 12.7 Å². The molecule has 0 aromatic carbocycles. The minimum absolute atomic E-state index is 0.0492. The molecule has 0 aromatic heterocycles. The van der Waals surface area contributed by atoms with Crippen molar-refractivity contribution in [2.24, 2.45) is 17.8 Å². The first-order chi connectivity index (χ1) is 8.69. The molecule has 0 unspecified atom stereocenters. The summed E-state index contributed by atoms with van der Waals surface area (Å²) < 4.78 is 0. The molecule has 98 valence electrons. The van der Waals surface area contributed by atoms with Crippen molar-refractivity contribution in [3.63, 3.8) is 0 Å². The Morgan fingerprint density at radius 3 is 2.72 bits per heavy atom. The van der Waals surface area contributed by atoms with Gasteiger partial charge in [-0.05, 0) is 18.8 Å². The van der Waals surface area contributed by atoms with Crippen LogP contribution in [0.25, 0.3) is 0 Å². The molecular formula is C14H20N2O2. The summed E-state index contributed by atoms with van der Waals surface area (Å²) in [5.41, 5.74) is 0. The average molecular weight is 248 g/mol. The molecule has 2 atom stereocenters. The highest BCUT2D eigenvalue weighted by molar-refractivity contribution is 5.84. The summed E-state index contributed by atoms with van der Waals surface area (Å²) in [6.45, 7) is 6.53. The zero-order valence-electron chi connectivity index (χ0n) is 10.7. The van der Waals surface area contributed by atoms with E-state index in [0.717, 1.165) is 13.1 Å². The van der Waals surface area contributed by atoms with Gasteiger partial charge in [0.2, 0.25) is 11.8 Å². The molecule has 2 saturated heterocycles. The Morgan fingerprint density at radius 2 is 2.11 bits per heavy atom. The molecule has 3 aliphatic rings. The van der Waals surface area contributed by atoms with E-state index in [9.17, 15) is 9.59 Å². The Hall–Kier alpha value is -1.32. The third-order valence-electron chi connectivity index (χ3n) is 4.39. The van der Waals surface area contributed by atoms with Crippen LogP contribution in [0, 0.1) is 17.8 Å². The van der Waals surface area contributed by atoms with Crippen molar-refractivity contribution in [3.05, 3.63) is 12.7 Å². The van der Waals surface area contributed by atoms with Crippen LogP contribution in [-0.4, -0.2) is 47.8 Å². The van der Waals surface area contributed by atoms with E-state index >= 15 is 0 Å². The summed E-state index contributed by atoms with van der Waals surface area (Å²) in [7, 11) is 0. The third-order valence-corrected chi connectivity index (χ3v) is 4.39. The monoisotopic (exact) mass is 248 g/mol. The number of carbonyl (C=O) groups excluding carboxylic acids is 2. The van der Waals surface area contributed by atoms with Crippen molar-refractivity contribution in [1.29, 1.82) is 0 Å². The van der Waals surface area contributed by atoms with E-state index in [2.05, 4.69) is 6.58 Å². The van der Waals surface area contributed by atoms with Gasteiger partial charge >= 0.3 is 0 Å². The van der Waals surface area contributed by atoms with E-state index in [4.69, 9.17) is 0 Å². The standard InChI is InChI=1S/C14H20N2O2/c1-2-5-15-7-11-8-16(9-12(11)14(15)18)13(17)6-10-3-4-10/h2,10-12H,1,3-9H2/t11-,12+/m1/s1. The summed E-state index contributed by atoms with van der Waals surface area (Å²) in [5.74, 6) is 1.50. The van der Waals surface area contributed by atoms with Crippen LogP contribution in [0.5, 0.6) is 0 Å². The lowest BCUT2D eigenvalue weighted by atomic mass is 10.0. The summed E-state index contributed by atoms with van der Waals surface area (Å²) >= 11 is 0. The van der Waals surface area contributed by atoms with E-state index in [1.807, 2.05) is 9.80 Å². The number of likely N-dealkylation sites (tertiary alicyclic amines) is 2. The molecule has 2 amide bonds. The Labute approximate surface area is 108 Å². The zero-order valence-corrected chi connectivity index (χ0v) is 10.7. The van der Waals surface area contributed by atoms with Gasteiger partial charge in [-0.2, -0.15) is 0 Å². The maximum absolute atomic E-state index is 12.1. The number of amides is 2. The molecule has 0 N–H and O–H groups in total. The Balaban J connectivity index is 1.58. The van der Waals surface area contributed by atoms with Crippen LogP contribution in [0.1, 0.15) is 19.3 Å². The molecule has 0 spiro atoms. The predicted octanol–water partition coefficient (Wildman–Crippen LogP) is 0.889. The largest absolute Gasteiger partial charge is 0.342 e. The lowest BCUT2D eigenvalue weighted by molar-refractivity contribution is -0.133. The van der Waals surface area contributed by atoms with Gasteiger partial charge in [0.25, 0.3) is 0 Å². The lowest BCUT2D eigenvalue weighted by Gasteiger charge is -2.21. The maximum Gasteiger partial charge on any atom is 0.228 e. The van der Waals surface area contributed by atoms with E-state index < -0.39 is 0 Å². The van der Waals surface area contributed by atoms with Crippen LogP contribution in [0.4, 0.5) is 0 Å². The van der Waals surface area contributed by atoms with Crippen molar-refractivity contribution >= 4 is 11.8 Å². The summed E-state index contributed by atoms with van der Waals surface area (Å²) in [6.07, 6.45) is 4.88. The fourth-order valence-corrected chi connectivity index (χ4v) is 3.17. The predicted molar refractivity (Wildman–Crippen MR) is 67.7 cm³/mol. The number of hydrogen-bond acceptors (Lipinski definition) is 2. The fraction of sp³-hybridized carbons (Fsp3) is 0.714. The molecule has 0 bridgehead atoms. The summed E-state index contributed by atoms with van der Waals surface area (Å²) in [6, 6.07) is 0. The molecule has 4 nitrogen and oxygen atoms in total. The van der Waals surface area contributed by atoms with Gasteiger partial charge < -0.3 is 9.80 Å². The van der Waals surface area contributed by atoms with Gasteiger partial charge in [0.15, 0.2) is 0 Å². The highest BCUT2D eigenvalue weighted by Crippen LogP contribution is 2.36. The van der Waals surface area contributed by atoms with E-state index in [-0.39, 0.29) is 17.7 Å². The number of rotatable bonds is 4. The van der Waals surface area contributed by atoms with Crippen molar-refractivity contribution in [1.82, 2.24) is 9.80 Å². The molecule has 18 heavy (non-hydrogen) atoms. The number of fused-ring (bicyclic) bond motifs is 1. The molecule has 0 aromatic rings. The lowest BCUT2D eigenvalue weighted by Crippen LogP contribution is -2.35. The van der Waals surface area contributed by atoms with Gasteiger partial charge in [0.05, 0.1) is 5.92 Å². The van der Waals surface area contributed by atoms with Gasteiger partial charge in [-0.3, -0.25) is 9.59 Å². The first-order valence-electron chi connectivity index (χ1n) is 6.86. The van der Waals surface area contributed by atoms with Gasteiger partial charge in [-0.15, -0.1) is 6.58 Å². The van der Waals surface area contributed by atoms with Crippen molar-refractivity contribution < 1.29 is 9.59 Å². The second-order valence-electron chi connectivity index (χ2n) is 5.84. The Bertz CT molecular complexity index is 389. The SMILES string of the molecule is C=CCN1C[C@@H]2CN(C(=O)CC3CC3)C[C@@H]2C1=O. The molecule has 1 saturated carbocycles. The van der Waals surface area contributed by atoms with E-state index in [0.29, 0.717) is 31.3 Å². The molecule has 2 heterocycles. The quantitative estimate of drug-likeness (QED) is 0.693. The van der Waals surface area contributed by atoms with Gasteiger partial charge in [-0.1, -0.05) is 6.08 Å². The molecule has 0 radical (unpaired) electrons. The number of nitrogens with zero attached hydrogens (tertiary/aromatic N) is 2. The molecule has 2 aliphatic heterocycles. The van der Waals surface area contributed by atoms with Crippen molar-refractivity contribution in [3.8, 4) is 0 Å². The third kappa shape index (κ3) is 2.04. The molecule has 3 rings (SSSR count). The molecule has 3 fully saturated rings. The van der Waals surface area contributed by atoms with E-state index in [1.54, 1.807) is 6.08 Å². The van der Waals surface area contributed by atoms with Crippen LogP contribution in [0.3, 0.4) is 0 Å². The smallest absolute Gasteiger partial charge is 0.228 e. The second kappa shape index (κ2) is 4.41. The van der Waals surface area contributed by atoms with Gasteiger partial charge in [0.1, 0.15) is 0 Å². The van der Waals surface area contributed by atoms with Crippen LogP contribution in [0.2, 0.25) is 0 Å². The highest BCUT2D eigenvalue weighted by Gasteiger charge is 2.47. The zero-order chi connectivity index (χ0) is 12.7. The summed E-state index contributed by atoms with van der Waals surface area (Å²) in [4.78, 5) is 27.9. The molecule has 4 heteroatoms. The summed E-state index contributed by atoms with van der Waals surface area (Å²) in [5, 5.41) is 0. The Morgan fingerprint density at radius 1 is 1.33 bits per heavy atom. The highest BCUT2D eigenvalue weighted by atomic mass is 16.2. The van der Waals surface area contributed by atoms with Crippen LogP contribution in [-0.2, 0) is 9.59 Å². The fourth-order valence-electron chi connectivity index (χ4n) is 3.17. The normalized spacial score (nSPS) is 30.8. The topological polar surface area (TPSA) is 40.6 Å².